The summed E-state index contributed by atoms with van der Waals surface area (Å²) in [6.45, 7) is 4.08. The summed E-state index contributed by atoms with van der Waals surface area (Å²) in [6.07, 6.45) is 2.38. The van der Waals surface area contributed by atoms with E-state index in [1.807, 2.05) is 11.8 Å². The highest BCUT2D eigenvalue weighted by molar-refractivity contribution is 5.92. The number of aryl methyl sites for hydroxylation is 1. The summed E-state index contributed by atoms with van der Waals surface area (Å²) in [4.78, 5) is 18.4. The molecule has 1 saturated heterocycles. The normalized spacial score (nSPS) is 15.7. The van der Waals surface area contributed by atoms with E-state index in [4.69, 9.17) is 14.0 Å². The van der Waals surface area contributed by atoms with Gasteiger partial charge in [-0.25, -0.2) is 0 Å². The molecule has 1 fully saturated rings. The van der Waals surface area contributed by atoms with Crippen molar-refractivity contribution in [2.45, 2.75) is 38.9 Å². The van der Waals surface area contributed by atoms with Gasteiger partial charge in [0.25, 0.3) is 11.8 Å². The van der Waals surface area contributed by atoms with Crippen LogP contribution in [0, 0.1) is 6.92 Å². The first-order valence-electron chi connectivity index (χ1n) is 8.39. The van der Waals surface area contributed by atoms with Gasteiger partial charge < -0.3 is 18.9 Å². The van der Waals surface area contributed by atoms with E-state index >= 15 is 0 Å². The first-order valence-corrected chi connectivity index (χ1v) is 8.39. The van der Waals surface area contributed by atoms with Gasteiger partial charge in [-0.3, -0.25) is 9.89 Å². The van der Waals surface area contributed by atoms with Crippen molar-refractivity contribution >= 4 is 5.91 Å². The average molecular weight is 349 g/mol. The number of nitrogens with one attached hydrogen (secondary N) is 1. The first-order chi connectivity index (χ1) is 12.2. The predicted octanol–water partition coefficient (Wildman–Crippen LogP) is 1.11. The maximum atomic E-state index is 12.3. The molecule has 2 aromatic rings. The van der Waals surface area contributed by atoms with Gasteiger partial charge >= 0.3 is 0 Å². The Bertz CT molecular complexity index is 690. The summed E-state index contributed by atoms with van der Waals surface area (Å²) in [6, 6.07) is 1.77. The van der Waals surface area contributed by atoms with E-state index < -0.39 is 0 Å². The van der Waals surface area contributed by atoms with Crippen LogP contribution in [0.5, 0.6) is 0 Å². The van der Waals surface area contributed by atoms with E-state index in [1.165, 1.54) is 0 Å². The maximum absolute atomic E-state index is 12.3. The molecule has 9 heteroatoms. The number of H-pyrrole nitrogens is 1. The molecule has 3 rings (SSSR count). The number of likely N-dealkylation sites (tertiary alicyclic amines) is 1. The number of carbonyl (C=O) groups is 1. The van der Waals surface area contributed by atoms with Crippen LogP contribution < -0.4 is 0 Å². The third-order valence-electron chi connectivity index (χ3n) is 4.11. The molecule has 0 saturated carbocycles. The van der Waals surface area contributed by atoms with E-state index in [-0.39, 0.29) is 12.0 Å². The fourth-order valence-corrected chi connectivity index (χ4v) is 2.81. The van der Waals surface area contributed by atoms with Gasteiger partial charge in [-0.15, -0.1) is 0 Å². The predicted molar refractivity (Wildman–Crippen MR) is 86.9 cm³/mol. The van der Waals surface area contributed by atoms with Gasteiger partial charge in [0, 0.05) is 32.3 Å². The molecule has 0 aliphatic carbocycles. The van der Waals surface area contributed by atoms with Crippen LogP contribution in [0.1, 0.15) is 40.7 Å². The van der Waals surface area contributed by atoms with Gasteiger partial charge in [0.1, 0.15) is 12.3 Å². The minimum atomic E-state index is -0.0275. The Balaban J connectivity index is 1.38. The number of rotatable bonds is 7. The van der Waals surface area contributed by atoms with E-state index in [0.29, 0.717) is 50.1 Å². The van der Waals surface area contributed by atoms with Gasteiger partial charge in [0.05, 0.1) is 12.7 Å². The quantitative estimate of drug-likeness (QED) is 0.798. The number of methoxy groups -OCH3 is 1. The highest BCUT2D eigenvalue weighted by Gasteiger charge is 2.25. The summed E-state index contributed by atoms with van der Waals surface area (Å²) in [5.41, 5.74) is 1.36. The highest BCUT2D eigenvalue weighted by atomic mass is 16.5. The third kappa shape index (κ3) is 4.64. The fraction of sp³-hybridized carbons (Fsp3) is 0.625. The Kier molecular flexibility index (Phi) is 5.77. The largest absolute Gasteiger partial charge is 0.378 e. The summed E-state index contributed by atoms with van der Waals surface area (Å²) < 4.78 is 15.9. The lowest BCUT2D eigenvalue weighted by atomic mass is 10.1. The molecule has 136 valence electrons. The topological polar surface area (TPSA) is 106 Å². The van der Waals surface area contributed by atoms with Crippen molar-refractivity contribution in [3.8, 4) is 0 Å². The number of piperidine rings is 1. The third-order valence-corrected chi connectivity index (χ3v) is 4.11. The SMILES string of the molecule is COCc1nc(CCOC2CCN(C(=O)c3cc(C)[nH]n3)CC2)no1. The van der Waals surface area contributed by atoms with Crippen molar-refractivity contribution in [3.63, 3.8) is 0 Å². The number of aromatic nitrogens is 4. The molecule has 0 bridgehead atoms. The van der Waals surface area contributed by atoms with Crippen LogP contribution in [0.3, 0.4) is 0 Å². The van der Waals surface area contributed by atoms with Gasteiger partial charge in [-0.1, -0.05) is 5.16 Å². The van der Waals surface area contributed by atoms with Crippen molar-refractivity contribution in [1.29, 1.82) is 0 Å². The number of nitrogens with zero attached hydrogens (tertiary/aromatic N) is 4. The van der Waals surface area contributed by atoms with Crippen molar-refractivity contribution in [1.82, 2.24) is 25.2 Å². The van der Waals surface area contributed by atoms with Crippen LogP contribution in [0.4, 0.5) is 0 Å². The molecule has 1 N–H and O–H groups in total. The van der Waals surface area contributed by atoms with Gasteiger partial charge in [0.2, 0.25) is 0 Å². The molecule has 2 aromatic heterocycles. The minimum Gasteiger partial charge on any atom is -0.378 e. The maximum Gasteiger partial charge on any atom is 0.274 e. The molecule has 0 radical (unpaired) electrons. The zero-order chi connectivity index (χ0) is 17.6. The lowest BCUT2D eigenvalue weighted by Crippen LogP contribution is -2.41. The van der Waals surface area contributed by atoms with Crippen LogP contribution >= 0.6 is 0 Å². The minimum absolute atomic E-state index is 0.0275. The number of carbonyl (C=O) groups excluding carboxylic acids is 1. The molecule has 0 unspecified atom stereocenters. The number of hydrogen-bond donors (Lipinski definition) is 1. The van der Waals surface area contributed by atoms with Gasteiger partial charge in [-0.2, -0.15) is 10.1 Å². The number of hydrogen-bond acceptors (Lipinski definition) is 7. The Morgan fingerprint density at radius 3 is 2.92 bits per heavy atom. The lowest BCUT2D eigenvalue weighted by molar-refractivity contribution is 0.00931. The van der Waals surface area contributed by atoms with Crippen LogP contribution in [-0.4, -0.2) is 64.1 Å². The Morgan fingerprint density at radius 1 is 1.44 bits per heavy atom. The second-order valence-electron chi connectivity index (χ2n) is 6.09. The molecule has 0 spiro atoms. The molecular weight excluding hydrogens is 326 g/mol. The molecular formula is C16H23N5O4. The monoisotopic (exact) mass is 349 g/mol. The molecule has 0 atom stereocenters. The molecule has 1 amide bonds. The molecule has 25 heavy (non-hydrogen) atoms. The van der Waals surface area contributed by atoms with Crippen molar-refractivity contribution in [2.24, 2.45) is 0 Å². The Morgan fingerprint density at radius 2 is 2.24 bits per heavy atom. The van der Waals surface area contributed by atoms with Crippen LogP contribution in [0.15, 0.2) is 10.6 Å². The molecule has 1 aliphatic rings. The zero-order valence-electron chi connectivity index (χ0n) is 14.5. The summed E-state index contributed by atoms with van der Waals surface area (Å²) in [5.74, 6) is 1.06. The molecule has 1 aliphatic heterocycles. The lowest BCUT2D eigenvalue weighted by Gasteiger charge is -2.31. The smallest absolute Gasteiger partial charge is 0.274 e. The highest BCUT2D eigenvalue weighted by Crippen LogP contribution is 2.16. The second kappa shape index (κ2) is 8.21. The molecule has 3 heterocycles. The fourth-order valence-electron chi connectivity index (χ4n) is 2.81. The summed E-state index contributed by atoms with van der Waals surface area (Å²) in [7, 11) is 1.58. The van der Waals surface area contributed by atoms with Gasteiger partial charge in [0.15, 0.2) is 5.82 Å². The standard InChI is InChI=1S/C16H23N5O4/c1-11-9-13(19-18-11)16(22)21-6-3-12(4-7-21)24-8-5-14-17-15(10-23-2)25-20-14/h9,12H,3-8,10H2,1-2H3,(H,18,19). The number of ether oxygens (including phenoxy) is 2. The van der Waals surface area contributed by atoms with Crippen molar-refractivity contribution < 1.29 is 18.8 Å². The Hall–Kier alpha value is -2.26. The van der Waals surface area contributed by atoms with Crippen LogP contribution in [0.2, 0.25) is 0 Å². The average Bonchev–Trinajstić information content (AvgIpc) is 3.24. The Labute approximate surface area is 145 Å². The van der Waals surface area contributed by atoms with Crippen LogP contribution in [0.25, 0.3) is 0 Å². The van der Waals surface area contributed by atoms with Crippen molar-refractivity contribution in [3.05, 3.63) is 29.2 Å². The zero-order valence-corrected chi connectivity index (χ0v) is 14.5. The molecule has 0 aromatic carbocycles. The summed E-state index contributed by atoms with van der Waals surface area (Å²) >= 11 is 0. The number of amides is 1. The van der Waals surface area contributed by atoms with Crippen LogP contribution in [-0.2, 0) is 22.5 Å². The van der Waals surface area contributed by atoms with Gasteiger partial charge in [-0.05, 0) is 25.8 Å². The van der Waals surface area contributed by atoms with Crippen molar-refractivity contribution in [2.75, 3.05) is 26.8 Å². The number of aromatic amines is 1. The van der Waals surface area contributed by atoms with E-state index in [2.05, 4.69) is 20.3 Å². The second-order valence-corrected chi connectivity index (χ2v) is 6.09. The first kappa shape index (κ1) is 17.6. The summed E-state index contributed by atoms with van der Waals surface area (Å²) in [5, 5.41) is 10.7. The molecule has 9 nitrogen and oxygen atoms in total. The van der Waals surface area contributed by atoms with E-state index in [1.54, 1.807) is 13.2 Å². The van der Waals surface area contributed by atoms with E-state index in [0.717, 1.165) is 18.5 Å². The van der Waals surface area contributed by atoms with E-state index in [9.17, 15) is 4.79 Å².